The van der Waals surface area contributed by atoms with Crippen LogP contribution < -0.4 is 0 Å². The van der Waals surface area contributed by atoms with Gasteiger partial charge in [0.15, 0.2) is 0 Å². The van der Waals surface area contributed by atoms with Crippen LogP contribution in [-0.4, -0.2) is 58.0 Å². The summed E-state index contributed by atoms with van der Waals surface area (Å²) in [6.45, 7) is 2.77. The second-order valence-electron chi connectivity index (χ2n) is 6.94. The summed E-state index contributed by atoms with van der Waals surface area (Å²) in [4.78, 5) is 15.7. The smallest absolute Gasteiger partial charge is 0.410 e. The lowest BCUT2D eigenvalue weighted by molar-refractivity contribution is -0.0113. The number of hydrogen-bond donors (Lipinski definition) is 0. The van der Waals surface area contributed by atoms with Crippen molar-refractivity contribution in [1.29, 1.82) is 0 Å². The Morgan fingerprint density at radius 1 is 1.36 bits per heavy atom. The Morgan fingerprint density at radius 2 is 2.24 bits per heavy atom. The molecule has 4 rings (SSSR count). The highest BCUT2D eigenvalue weighted by atomic mass is 19.1. The largest absolute Gasteiger partial charge is 0.440 e. The fourth-order valence-corrected chi connectivity index (χ4v) is 3.89. The van der Waals surface area contributed by atoms with Crippen molar-refractivity contribution >= 4 is 6.09 Å². The maximum Gasteiger partial charge on any atom is 0.410 e. The zero-order valence-corrected chi connectivity index (χ0v) is 14.2. The number of hydrogen-bond acceptors (Lipinski definition) is 4. The first-order valence-corrected chi connectivity index (χ1v) is 8.50. The van der Waals surface area contributed by atoms with Gasteiger partial charge in [-0.05, 0) is 49.2 Å². The van der Waals surface area contributed by atoms with E-state index in [1.54, 1.807) is 35.0 Å². The maximum atomic E-state index is 13.8. The Balaban J connectivity index is 1.56. The number of benzene rings is 1. The molecule has 1 aromatic heterocycles. The van der Waals surface area contributed by atoms with Crippen molar-refractivity contribution in [3.8, 4) is 5.69 Å². The number of rotatable bonds is 3. The number of piperidine rings is 1. The molecular formula is C18H21FN4O2. The molecule has 2 saturated heterocycles. The lowest BCUT2D eigenvalue weighted by atomic mass is 9.92. The van der Waals surface area contributed by atoms with Crippen molar-refractivity contribution in [3.63, 3.8) is 0 Å². The number of amides is 1. The molecule has 7 heteroatoms. The number of carbonyl (C=O) groups is 1. The second kappa shape index (κ2) is 6.15. The van der Waals surface area contributed by atoms with Crippen molar-refractivity contribution in [2.75, 3.05) is 26.7 Å². The number of halogens is 1. The number of aromatic nitrogens is 2. The summed E-state index contributed by atoms with van der Waals surface area (Å²) < 4.78 is 21.2. The summed E-state index contributed by atoms with van der Waals surface area (Å²) in [6, 6.07) is 6.61. The van der Waals surface area contributed by atoms with Gasteiger partial charge in [0.05, 0.1) is 12.2 Å². The van der Waals surface area contributed by atoms with Gasteiger partial charge in [0, 0.05) is 32.5 Å². The topological polar surface area (TPSA) is 50.6 Å². The van der Waals surface area contributed by atoms with E-state index in [9.17, 15) is 9.18 Å². The monoisotopic (exact) mass is 344 g/mol. The number of likely N-dealkylation sites (tertiary alicyclic amines) is 1. The molecule has 0 saturated carbocycles. The minimum Gasteiger partial charge on any atom is -0.440 e. The fourth-order valence-electron chi connectivity index (χ4n) is 3.89. The van der Waals surface area contributed by atoms with E-state index < -0.39 is 5.60 Å². The minimum absolute atomic E-state index is 0.259. The Bertz CT molecular complexity index is 779. The SMILES string of the molecule is CN1C[C@]2(CCCN(Cc3cc(F)ccc3-n3cccn3)C2)OC1=O. The third-order valence-corrected chi connectivity index (χ3v) is 4.95. The third kappa shape index (κ3) is 3.11. The van der Waals surface area contributed by atoms with Gasteiger partial charge in [-0.3, -0.25) is 4.90 Å². The quantitative estimate of drug-likeness (QED) is 0.858. The molecular weight excluding hydrogens is 323 g/mol. The molecule has 1 atom stereocenters. The van der Waals surface area contributed by atoms with E-state index in [2.05, 4.69) is 10.00 Å². The molecule has 2 aliphatic rings. The Labute approximate surface area is 145 Å². The Hall–Kier alpha value is -2.41. The van der Waals surface area contributed by atoms with E-state index in [1.165, 1.54) is 6.07 Å². The van der Waals surface area contributed by atoms with Crippen LogP contribution in [0.25, 0.3) is 5.69 Å². The highest BCUT2D eigenvalue weighted by Crippen LogP contribution is 2.32. The molecule has 1 aromatic carbocycles. The number of nitrogens with zero attached hydrogens (tertiary/aromatic N) is 4. The highest BCUT2D eigenvalue weighted by Gasteiger charge is 2.46. The van der Waals surface area contributed by atoms with Crippen molar-refractivity contribution in [2.45, 2.75) is 25.0 Å². The molecule has 0 unspecified atom stereocenters. The van der Waals surface area contributed by atoms with Crippen LogP contribution in [-0.2, 0) is 11.3 Å². The molecule has 0 bridgehead atoms. The van der Waals surface area contributed by atoms with Crippen molar-refractivity contribution in [3.05, 3.63) is 48.0 Å². The number of carbonyl (C=O) groups excluding carboxylic acids is 1. The molecule has 2 aromatic rings. The molecule has 2 aliphatic heterocycles. The van der Waals surface area contributed by atoms with Crippen LogP contribution in [0.3, 0.4) is 0 Å². The molecule has 0 radical (unpaired) electrons. The van der Waals surface area contributed by atoms with Gasteiger partial charge in [-0.25, -0.2) is 13.9 Å². The van der Waals surface area contributed by atoms with Gasteiger partial charge < -0.3 is 9.64 Å². The molecule has 1 spiro atoms. The third-order valence-electron chi connectivity index (χ3n) is 4.95. The number of ether oxygens (including phenoxy) is 1. The van der Waals surface area contributed by atoms with Crippen LogP contribution in [0.15, 0.2) is 36.7 Å². The molecule has 0 N–H and O–H groups in total. The predicted molar refractivity (Wildman–Crippen MR) is 89.9 cm³/mol. The first-order valence-electron chi connectivity index (χ1n) is 8.50. The second-order valence-corrected chi connectivity index (χ2v) is 6.94. The first-order chi connectivity index (χ1) is 12.0. The minimum atomic E-state index is -0.441. The van der Waals surface area contributed by atoms with E-state index in [1.807, 2.05) is 12.3 Å². The molecule has 132 valence electrons. The summed E-state index contributed by atoms with van der Waals surface area (Å²) in [7, 11) is 1.76. The summed E-state index contributed by atoms with van der Waals surface area (Å²) in [6.07, 6.45) is 5.12. The van der Waals surface area contributed by atoms with Crippen LogP contribution in [0.1, 0.15) is 18.4 Å². The maximum absolute atomic E-state index is 13.8. The Kier molecular flexibility index (Phi) is 3.95. The van der Waals surface area contributed by atoms with Gasteiger partial charge in [-0.2, -0.15) is 5.10 Å². The first kappa shape index (κ1) is 16.1. The predicted octanol–water partition coefficient (Wildman–Crippen LogP) is 2.43. The normalized spacial score (nSPS) is 24.1. The van der Waals surface area contributed by atoms with E-state index in [0.717, 1.165) is 30.6 Å². The summed E-state index contributed by atoms with van der Waals surface area (Å²) in [5, 5.41) is 4.26. The van der Waals surface area contributed by atoms with Gasteiger partial charge in [-0.1, -0.05) is 0 Å². The van der Waals surface area contributed by atoms with E-state index in [4.69, 9.17) is 4.74 Å². The molecule has 6 nitrogen and oxygen atoms in total. The van der Waals surface area contributed by atoms with Crippen molar-refractivity contribution in [2.24, 2.45) is 0 Å². The van der Waals surface area contributed by atoms with E-state index in [-0.39, 0.29) is 11.9 Å². The van der Waals surface area contributed by atoms with Gasteiger partial charge in [-0.15, -0.1) is 0 Å². The standard InChI is InChI=1S/C18H21FN4O2/c1-21-12-18(25-17(21)24)6-2-8-22(13-18)11-14-10-15(19)4-5-16(14)23-9-3-7-20-23/h3-5,7,9-10H,2,6,8,11-13H2,1H3/t18-/m0/s1. The van der Waals surface area contributed by atoms with Crippen LogP contribution >= 0.6 is 0 Å². The van der Waals surface area contributed by atoms with Crippen LogP contribution in [0, 0.1) is 5.82 Å². The molecule has 2 fully saturated rings. The zero-order chi connectivity index (χ0) is 17.4. The lowest BCUT2D eigenvalue weighted by Crippen LogP contribution is -2.50. The van der Waals surface area contributed by atoms with Gasteiger partial charge in [0.2, 0.25) is 0 Å². The average Bonchev–Trinajstić information content (AvgIpc) is 3.17. The molecule has 0 aliphatic carbocycles. The van der Waals surface area contributed by atoms with E-state index >= 15 is 0 Å². The lowest BCUT2D eigenvalue weighted by Gasteiger charge is -2.38. The summed E-state index contributed by atoms with van der Waals surface area (Å²) >= 11 is 0. The molecule has 25 heavy (non-hydrogen) atoms. The zero-order valence-electron chi connectivity index (χ0n) is 14.2. The van der Waals surface area contributed by atoms with Gasteiger partial charge in [0.1, 0.15) is 11.4 Å². The molecule has 3 heterocycles. The van der Waals surface area contributed by atoms with Crippen LogP contribution in [0.5, 0.6) is 0 Å². The highest BCUT2D eigenvalue weighted by molar-refractivity contribution is 5.70. The summed E-state index contributed by atoms with van der Waals surface area (Å²) in [5.41, 5.74) is 1.30. The van der Waals surface area contributed by atoms with Gasteiger partial charge in [0.25, 0.3) is 0 Å². The number of likely N-dealkylation sites (N-methyl/N-ethyl adjacent to an activating group) is 1. The fraction of sp³-hybridized carbons (Fsp3) is 0.444. The van der Waals surface area contributed by atoms with Crippen LogP contribution in [0.4, 0.5) is 9.18 Å². The van der Waals surface area contributed by atoms with Crippen molar-refractivity contribution < 1.29 is 13.9 Å². The van der Waals surface area contributed by atoms with Crippen LogP contribution in [0.2, 0.25) is 0 Å². The van der Waals surface area contributed by atoms with Crippen molar-refractivity contribution in [1.82, 2.24) is 19.6 Å². The van der Waals surface area contributed by atoms with E-state index in [0.29, 0.717) is 19.6 Å². The molecule has 1 amide bonds. The summed E-state index contributed by atoms with van der Waals surface area (Å²) in [5.74, 6) is -0.260. The Morgan fingerprint density at radius 3 is 2.96 bits per heavy atom. The average molecular weight is 344 g/mol. The van der Waals surface area contributed by atoms with Gasteiger partial charge >= 0.3 is 6.09 Å².